The Morgan fingerprint density at radius 3 is 2.44 bits per heavy atom. The van der Waals surface area contributed by atoms with Crippen molar-refractivity contribution in [3.8, 4) is 0 Å². The van der Waals surface area contributed by atoms with E-state index >= 15 is 0 Å². The van der Waals surface area contributed by atoms with Crippen LogP contribution < -0.4 is 16.4 Å². The number of nitrogens with two attached hydrogens (primary N) is 1. The molecule has 0 spiro atoms. The van der Waals surface area contributed by atoms with Crippen molar-refractivity contribution < 1.29 is 19.5 Å². The summed E-state index contributed by atoms with van der Waals surface area (Å²) in [5, 5.41) is 14.2. The van der Waals surface area contributed by atoms with Gasteiger partial charge in [0.25, 0.3) is 0 Å². The molecule has 0 unspecified atom stereocenters. The van der Waals surface area contributed by atoms with Gasteiger partial charge in [-0.3, -0.25) is 14.4 Å². The maximum atomic E-state index is 11.9. The number of amides is 2. The van der Waals surface area contributed by atoms with Crippen molar-refractivity contribution in [2.45, 2.75) is 31.7 Å². The van der Waals surface area contributed by atoms with Crippen LogP contribution in [0.1, 0.15) is 25.7 Å². The summed E-state index contributed by atoms with van der Waals surface area (Å²) in [4.78, 5) is 33.4. The monoisotopic (exact) mass is 257 g/mol. The highest BCUT2D eigenvalue weighted by Crippen LogP contribution is 2.12. The van der Waals surface area contributed by atoms with Gasteiger partial charge in [0.05, 0.1) is 0 Å². The zero-order valence-electron chi connectivity index (χ0n) is 10.1. The van der Waals surface area contributed by atoms with Gasteiger partial charge in [-0.2, -0.15) is 0 Å². The van der Waals surface area contributed by atoms with E-state index in [0.717, 1.165) is 25.9 Å². The van der Waals surface area contributed by atoms with Crippen LogP contribution in [-0.4, -0.2) is 42.0 Å². The number of aliphatic carboxylic acids is 1. The number of hydrogen-bond donors (Lipinski definition) is 4. The van der Waals surface area contributed by atoms with Crippen LogP contribution >= 0.6 is 0 Å². The average Bonchev–Trinajstić information content (AvgIpc) is 2.34. The number of piperidine rings is 1. The average molecular weight is 257 g/mol. The summed E-state index contributed by atoms with van der Waals surface area (Å²) in [6.07, 6.45) is 1.27. The number of nitrogens with one attached hydrogen (secondary N) is 2. The van der Waals surface area contributed by atoms with E-state index in [9.17, 15) is 14.4 Å². The molecule has 1 fully saturated rings. The molecule has 2 amide bonds. The van der Waals surface area contributed by atoms with Crippen molar-refractivity contribution >= 4 is 17.8 Å². The molecule has 1 rings (SSSR count). The number of carbonyl (C=O) groups is 3. The number of carbonyl (C=O) groups excluding carboxylic acids is 2. The topological polar surface area (TPSA) is 122 Å². The summed E-state index contributed by atoms with van der Waals surface area (Å²) in [5.74, 6) is -2.06. The normalized spacial score (nSPS) is 18.0. The molecule has 18 heavy (non-hydrogen) atoms. The quantitative estimate of drug-likeness (QED) is 0.477. The summed E-state index contributed by atoms with van der Waals surface area (Å²) >= 11 is 0. The van der Waals surface area contributed by atoms with Crippen LogP contribution in [-0.2, 0) is 14.4 Å². The van der Waals surface area contributed by atoms with Crippen LogP contribution in [0.2, 0.25) is 0 Å². The Hall–Kier alpha value is -1.63. The Kier molecular flexibility index (Phi) is 5.57. The molecule has 1 heterocycles. The fourth-order valence-corrected chi connectivity index (χ4v) is 1.93. The summed E-state index contributed by atoms with van der Waals surface area (Å²) in [5.41, 5.74) is 5.14. The largest absolute Gasteiger partial charge is 0.481 e. The van der Waals surface area contributed by atoms with Crippen LogP contribution in [0.15, 0.2) is 0 Å². The van der Waals surface area contributed by atoms with Gasteiger partial charge in [0.2, 0.25) is 11.8 Å². The minimum atomic E-state index is -1.02. The van der Waals surface area contributed by atoms with Gasteiger partial charge in [-0.25, -0.2) is 0 Å². The van der Waals surface area contributed by atoms with Crippen molar-refractivity contribution in [2.24, 2.45) is 11.7 Å². The molecule has 5 N–H and O–H groups in total. The smallest absolute Gasteiger partial charge is 0.303 e. The lowest BCUT2D eigenvalue weighted by molar-refractivity contribution is -0.138. The van der Waals surface area contributed by atoms with E-state index in [-0.39, 0.29) is 24.7 Å². The lowest BCUT2D eigenvalue weighted by Gasteiger charge is -2.24. The molecule has 1 atom stereocenters. The summed E-state index contributed by atoms with van der Waals surface area (Å²) in [6, 6.07) is -0.900. The van der Waals surface area contributed by atoms with Crippen LogP contribution in [0.25, 0.3) is 0 Å². The third-order valence-electron chi connectivity index (χ3n) is 3.02. The Labute approximate surface area is 105 Å². The van der Waals surface area contributed by atoms with Crippen molar-refractivity contribution in [3.05, 3.63) is 0 Å². The second-order valence-corrected chi connectivity index (χ2v) is 4.42. The molecule has 7 nitrogen and oxygen atoms in total. The van der Waals surface area contributed by atoms with Gasteiger partial charge in [-0.1, -0.05) is 0 Å². The lowest BCUT2D eigenvalue weighted by atomic mass is 9.96. The van der Waals surface area contributed by atoms with Gasteiger partial charge in [0.1, 0.15) is 6.04 Å². The van der Waals surface area contributed by atoms with Crippen LogP contribution in [0.3, 0.4) is 0 Å². The van der Waals surface area contributed by atoms with E-state index in [4.69, 9.17) is 10.8 Å². The number of carboxylic acid groups (broad SMARTS) is 1. The number of hydrogen-bond acceptors (Lipinski definition) is 4. The second-order valence-electron chi connectivity index (χ2n) is 4.42. The molecule has 0 aromatic rings. The number of carboxylic acids is 1. The summed E-state index contributed by atoms with van der Waals surface area (Å²) in [7, 11) is 0. The minimum Gasteiger partial charge on any atom is -0.481 e. The first-order valence-corrected chi connectivity index (χ1v) is 6.03. The molecule has 0 saturated carbocycles. The molecule has 0 aliphatic carbocycles. The fraction of sp³-hybridized carbons (Fsp3) is 0.727. The second kappa shape index (κ2) is 6.95. The molecule has 0 aromatic heterocycles. The first-order chi connectivity index (χ1) is 8.50. The standard InChI is InChI=1S/C11H19N3O4/c12-10(17)8(1-2-9(15)16)14-11(18)7-3-5-13-6-4-7/h7-8,13H,1-6H2,(H2,12,17)(H,14,18)(H,15,16)/t8-/m1/s1. The van der Waals surface area contributed by atoms with Gasteiger partial charge in [0, 0.05) is 12.3 Å². The highest BCUT2D eigenvalue weighted by molar-refractivity contribution is 5.87. The van der Waals surface area contributed by atoms with Crippen molar-refractivity contribution in [1.29, 1.82) is 0 Å². The molecular formula is C11H19N3O4. The molecule has 102 valence electrons. The third-order valence-corrected chi connectivity index (χ3v) is 3.02. The fourth-order valence-electron chi connectivity index (χ4n) is 1.93. The van der Waals surface area contributed by atoms with Gasteiger partial charge in [0.15, 0.2) is 0 Å². The lowest BCUT2D eigenvalue weighted by Crippen LogP contribution is -2.48. The van der Waals surface area contributed by atoms with E-state index < -0.39 is 17.9 Å². The van der Waals surface area contributed by atoms with E-state index in [1.165, 1.54) is 0 Å². The highest BCUT2D eigenvalue weighted by Gasteiger charge is 2.25. The molecule has 1 aliphatic heterocycles. The Morgan fingerprint density at radius 1 is 1.33 bits per heavy atom. The third kappa shape index (κ3) is 4.70. The molecule has 1 aliphatic rings. The molecule has 0 bridgehead atoms. The molecular weight excluding hydrogens is 238 g/mol. The van der Waals surface area contributed by atoms with Crippen molar-refractivity contribution in [1.82, 2.24) is 10.6 Å². The van der Waals surface area contributed by atoms with Crippen LogP contribution in [0, 0.1) is 5.92 Å². The predicted molar refractivity (Wildman–Crippen MR) is 63.6 cm³/mol. The van der Waals surface area contributed by atoms with E-state index in [2.05, 4.69) is 10.6 Å². The van der Waals surface area contributed by atoms with Crippen molar-refractivity contribution in [3.63, 3.8) is 0 Å². The first-order valence-electron chi connectivity index (χ1n) is 6.03. The first kappa shape index (κ1) is 14.4. The van der Waals surface area contributed by atoms with Gasteiger partial charge < -0.3 is 21.5 Å². The Bertz CT molecular complexity index is 326. The van der Waals surface area contributed by atoms with E-state index in [1.54, 1.807) is 0 Å². The van der Waals surface area contributed by atoms with Gasteiger partial charge in [-0.05, 0) is 32.4 Å². The predicted octanol–water partition coefficient (Wildman–Crippen LogP) is -1.18. The van der Waals surface area contributed by atoms with Crippen LogP contribution in [0.4, 0.5) is 0 Å². The number of rotatable bonds is 6. The van der Waals surface area contributed by atoms with E-state index in [1.807, 2.05) is 0 Å². The summed E-state index contributed by atoms with van der Waals surface area (Å²) < 4.78 is 0. The molecule has 0 radical (unpaired) electrons. The number of primary amides is 1. The van der Waals surface area contributed by atoms with E-state index in [0.29, 0.717) is 0 Å². The van der Waals surface area contributed by atoms with Crippen LogP contribution in [0.5, 0.6) is 0 Å². The molecule has 1 saturated heterocycles. The Morgan fingerprint density at radius 2 is 1.94 bits per heavy atom. The maximum absolute atomic E-state index is 11.9. The maximum Gasteiger partial charge on any atom is 0.303 e. The molecule has 0 aromatic carbocycles. The molecule has 7 heteroatoms. The van der Waals surface area contributed by atoms with Crippen molar-refractivity contribution in [2.75, 3.05) is 13.1 Å². The zero-order valence-corrected chi connectivity index (χ0v) is 10.1. The highest BCUT2D eigenvalue weighted by atomic mass is 16.4. The van der Waals surface area contributed by atoms with Gasteiger partial charge in [-0.15, -0.1) is 0 Å². The van der Waals surface area contributed by atoms with Gasteiger partial charge >= 0.3 is 5.97 Å². The minimum absolute atomic E-state index is 0.0291. The zero-order chi connectivity index (χ0) is 13.5. The SMILES string of the molecule is NC(=O)[C@@H](CCC(=O)O)NC(=O)C1CCNCC1. The Balaban J connectivity index is 2.46. The summed E-state index contributed by atoms with van der Waals surface area (Å²) in [6.45, 7) is 1.54.